The van der Waals surface area contributed by atoms with Gasteiger partial charge < -0.3 is 0 Å². The van der Waals surface area contributed by atoms with Crippen LogP contribution in [0.4, 0.5) is 0 Å². The first-order valence-corrected chi connectivity index (χ1v) is 8.56. The SMILES string of the molecule is Clc1ccc(I)c(C(Br)Cc2ccc(Br)cc2)c1. The molecule has 0 amide bonds. The lowest BCUT2D eigenvalue weighted by molar-refractivity contribution is 0.942. The van der Waals surface area contributed by atoms with Gasteiger partial charge in [-0.25, -0.2) is 0 Å². The lowest BCUT2D eigenvalue weighted by Crippen LogP contribution is -1.98. The molecule has 0 saturated carbocycles. The smallest absolute Gasteiger partial charge is 0.0446 e. The zero-order valence-corrected chi connectivity index (χ0v) is 15.4. The molecule has 0 spiro atoms. The van der Waals surface area contributed by atoms with Gasteiger partial charge in [0.25, 0.3) is 0 Å². The predicted molar refractivity (Wildman–Crippen MR) is 93.7 cm³/mol. The molecular formula is C14H10Br2ClI. The van der Waals surface area contributed by atoms with Crippen molar-refractivity contribution in [2.24, 2.45) is 0 Å². The minimum atomic E-state index is 0.282. The third kappa shape index (κ3) is 3.95. The molecule has 0 aliphatic carbocycles. The first kappa shape index (κ1) is 14.8. The lowest BCUT2D eigenvalue weighted by atomic mass is 10.0. The van der Waals surface area contributed by atoms with Crippen LogP contribution >= 0.6 is 66.1 Å². The van der Waals surface area contributed by atoms with E-state index in [1.165, 1.54) is 14.7 Å². The van der Waals surface area contributed by atoms with Gasteiger partial charge in [0, 0.05) is 17.9 Å². The van der Waals surface area contributed by atoms with Crippen LogP contribution in [-0.2, 0) is 6.42 Å². The molecule has 2 aromatic carbocycles. The molecule has 0 aliphatic rings. The average Bonchev–Trinajstić information content (AvgIpc) is 2.35. The molecule has 0 heterocycles. The summed E-state index contributed by atoms with van der Waals surface area (Å²) in [5.41, 5.74) is 2.54. The van der Waals surface area contributed by atoms with Gasteiger partial charge in [-0.3, -0.25) is 0 Å². The zero-order chi connectivity index (χ0) is 13.1. The molecule has 2 aromatic rings. The molecule has 18 heavy (non-hydrogen) atoms. The molecular weight excluding hydrogens is 490 g/mol. The summed E-state index contributed by atoms with van der Waals surface area (Å²) in [6.07, 6.45) is 0.948. The summed E-state index contributed by atoms with van der Waals surface area (Å²) in [5.74, 6) is 0. The van der Waals surface area contributed by atoms with Gasteiger partial charge in [0.15, 0.2) is 0 Å². The van der Waals surface area contributed by atoms with Gasteiger partial charge in [-0.05, 0) is 70.5 Å². The highest BCUT2D eigenvalue weighted by Gasteiger charge is 2.12. The van der Waals surface area contributed by atoms with E-state index in [9.17, 15) is 0 Å². The van der Waals surface area contributed by atoms with E-state index in [1.54, 1.807) is 0 Å². The minimum absolute atomic E-state index is 0.282. The van der Waals surface area contributed by atoms with Crippen molar-refractivity contribution in [3.8, 4) is 0 Å². The van der Waals surface area contributed by atoms with E-state index in [1.807, 2.05) is 18.2 Å². The summed E-state index contributed by atoms with van der Waals surface area (Å²) in [4.78, 5) is 0.282. The molecule has 2 rings (SSSR count). The fraction of sp³-hybridized carbons (Fsp3) is 0.143. The van der Waals surface area contributed by atoms with Crippen molar-refractivity contribution in [3.63, 3.8) is 0 Å². The first-order chi connectivity index (χ1) is 8.56. The predicted octanol–water partition coefficient (Wildman–Crippen LogP) is 6.39. The number of rotatable bonds is 3. The van der Waals surface area contributed by atoms with Gasteiger partial charge in [-0.1, -0.05) is 55.6 Å². The summed E-state index contributed by atoms with van der Waals surface area (Å²) < 4.78 is 2.34. The molecule has 0 bridgehead atoms. The van der Waals surface area contributed by atoms with E-state index in [0.29, 0.717) is 0 Å². The minimum Gasteiger partial charge on any atom is -0.0843 e. The normalized spacial score (nSPS) is 12.4. The first-order valence-electron chi connectivity index (χ1n) is 5.40. The quantitative estimate of drug-likeness (QED) is 0.339. The summed E-state index contributed by atoms with van der Waals surface area (Å²) in [6.45, 7) is 0. The van der Waals surface area contributed by atoms with Gasteiger partial charge in [0.05, 0.1) is 0 Å². The number of halogens is 4. The van der Waals surface area contributed by atoms with Crippen LogP contribution in [0.25, 0.3) is 0 Å². The van der Waals surface area contributed by atoms with Crippen molar-refractivity contribution < 1.29 is 0 Å². The third-order valence-electron chi connectivity index (χ3n) is 2.62. The van der Waals surface area contributed by atoms with Crippen LogP contribution in [0.5, 0.6) is 0 Å². The van der Waals surface area contributed by atoms with Crippen LogP contribution in [0, 0.1) is 3.57 Å². The molecule has 1 atom stereocenters. The van der Waals surface area contributed by atoms with Gasteiger partial charge in [0.1, 0.15) is 0 Å². The van der Waals surface area contributed by atoms with Crippen molar-refractivity contribution in [1.82, 2.24) is 0 Å². The fourth-order valence-corrected chi connectivity index (χ4v) is 4.03. The number of alkyl halides is 1. The monoisotopic (exact) mass is 498 g/mol. The van der Waals surface area contributed by atoms with Gasteiger partial charge in [-0.15, -0.1) is 0 Å². The molecule has 0 fully saturated rings. The van der Waals surface area contributed by atoms with E-state index in [0.717, 1.165) is 15.9 Å². The summed E-state index contributed by atoms with van der Waals surface area (Å²) >= 11 is 15.6. The third-order valence-corrected chi connectivity index (χ3v) is 5.19. The highest BCUT2D eigenvalue weighted by atomic mass is 127. The van der Waals surface area contributed by atoms with Gasteiger partial charge >= 0.3 is 0 Å². The number of hydrogen-bond acceptors (Lipinski definition) is 0. The second kappa shape index (κ2) is 6.73. The van der Waals surface area contributed by atoms with Gasteiger partial charge in [0.2, 0.25) is 0 Å². The summed E-state index contributed by atoms with van der Waals surface area (Å²) in [7, 11) is 0. The Morgan fingerprint density at radius 1 is 1.11 bits per heavy atom. The maximum absolute atomic E-state index is 6.05. The standard InChI is InChI=1S/C14H10Br2ClI/c15-10-3-1-9(2-4-10)7-13(16)12-8-11(17)5-6-14(12)18/h1-6,8,13H,7H2. The average molecular weight is 500 g/mol. The lowest BCUT2D eigenvalue weighted by Gasteiger charge is -2.13. The van der Waals surface area contributed by atoms with Crippen LogP contribution < -0.4 is 0 Å². The summed E-state index contributed by atoms with van der Waals surface area (Å²) in [5, 5.41) is 0.783. The topological polar surface area (TPSA) is 0 Å². The van der Waals surface area contributed by atoms with Crippen LogP contribution in [0.1, 0.15) is 16.0 Å². The Bertz CT molecular complexity index is 540. The van der Waals surface area contributed by atoms with Crippen LogP contribution in [-0.4, -0.2) is 0 Å². The largest absolute Gasteiger partial charge is 0.0843 e. The van der Waals surface area contributed by atoms with E-state index >= 15 is 0 Å². The molecule has 0 radical (unpaired) electrons. The van der Waals surface area contributed by atoms with Crippen molar-refractivity contribution in [1.29, 1.82) is 0 Å². The molecule has 1 unspecified atom stereocenters. The molecule has 0 aromatic heterocycles. The Morgan fingerprint density at radius 3 is 2.44 bits per heavy atom. The molecule has 0 aliphatic heterocycles. The zero-order valence-electron chi connectivity index (χ0n) is 9.34. The highest BCUT2D eigenvalue weighted by molar-refractivity contribution is 14.1. The Labute approximate surface area is 143 Å². The second-order valence-corrected chi connectivity index (χ2v) is 7.58. The van der Waals surface area contributed by atoms with E-state index in [-0.39, 0.29) is 4.83 Å². The van der Waals surface area contributed by atoms with E-state index in [2.05, 4.69) is 78.7 Å². The molecule has 0 saturated heterocycles. The Balaban J connectivity index is 2.18. The van der Waals surface area contributed by atoms with Gasteiger partial charge in [-0.2, -0.15) is 0 Å². The highest BCUT2D eigenvalue weighted by Crippen LogP contribution is 2.32. The Hall–Kier alpha value is 0.420. The fourth-order valence-electron chi connectivity index (χ4n) is 1.69. The maximum Gasteiger partial charge on any atom is 0.0446 e. The summed E-state index contributed by atoms with van der Waals surface area (Å²) in [6, 6.07) is 14.4. The second-order valence-electron chi connectivity index (χ2n) is 3.96. The van der Waals surface area contributed by atoms with Crippen molar-refractivity contribution in [2.75, 3.05) is 0 Å². The molecule has 94 valence electrons. The van der Waals surface area contributed by atoms with Crippen molar-refractivity contribution in [3.05, 3.63) is 66.7 Å². The number of hydrogen-bond donors (Lipinski definition) is 0. The van der Waals surface area contributed by atoms with Crippen LogP contribution in [0.3, 0.4) is 0 Å². The van der Waals surface area contributed by atoms with E-state index < -0.39 is 0 Å². The molecule has 0 nitrogen and oxygen atoms in total. The molecule has 4 heteroatoms. The Kier molecular flexibility index (Phi) is 5.54. The van der Waals surface area contributed by atoms with Crippen molar-refractivity contribution >= 4 is 66.1 Å². The maximum atomic E-state index is 6.05. The Morgan fingerprint density at radius 2 is 1.78 bits per heavy atom. The van der Waals surface area contributed by atoms with E-state index in [4.69, 9.17) is 11.6 Å². The van der Waals surface area contributed by atoms with Crippen LogP contribution in [0.15, 0.2) is 46.9 Å². The molecule has 0 N–H and O–H groups in total. The number of benzene rings is 2. The van der Waals surface area contributed by atoms with Crippen LogP contribution in [0.2, 0.25) is 5.02 Å². The van der Waals surface area contributed by atoms with Crippen molar-refractivity contribution in [2.45, 2.75) is 11.2 Å².